The Balaban J connectivity index is 1.97. The molecule has 0 unspecified atom stereocenters. The van der Waals surface area contributed by atoms with E-state index >= 15 is 0 Å². The molecule has 157 valence electrons. The van der Waals surface area contributed by atoms with Gasteiger partial charge in [-0.3, -0.25) is 0 Å². The van der Waals surface area contributed by atoms with E-state index in [1.54, 1.807) is 0 Å². The predicted octanol–water partition coefficient (Wildman–Crippen LogP) is 7.83. The molecule has 29 heavy (non-hydrogen) atoms. The summed E-state index contributed by atoms with van der Waals surface area (Å²) in [7, 11) is -3.61. The number of fused-ring (bicyclic) bond motifs is 3. The van der Waals surface area contributed by atoms with Gasteiger partial charge in [-0.1, -0.05) is 63.8 Å². The van der Waals surface area contributed by atoms with Gasteiger partial charge in [-0.05, 0) is 73.0 Å². The molecule has 1 radical (unpaired) electrons. The quantitative estimate of drug-likeness (QED) is 0.308. The van der Waals surface area contributed by atoms with Crippen LogP contribution in [0.15, 0.2) is 30.3 Å². The Morgan fingerprint density at radius 2 is 1.48 bits per heavy atom. The van der Waals surface area contributed by atoms with Gasteiger partial charge >= 0.3 is 0 Å². The normalized spacial score (nSPS) is 13.2. The summed E-state index contributed by atoms with van der Waals surface area (Å²) in [5, 5.41) is 0. The van der Waals surface area contributed by atoms with Crippen molar-refractivity contribution in [1.29, 1.82) is 0 Å². The van der Waals surface area contributed by atoms with E-state index in [0.717, 1.165) is 17.9 Å². The molecular weight excluding hydrogens is 388 g/mol. The molecule has 0 bridgehead atoms. The van der Waals surface area contributed by atoms with Crippen LogP contribution in [-0.2, 0) is 6.42 Å². The molecule has 0 aromatic heterocycles. The lowest BCUT2D eigenvalue weighted by molar-refractivity contribution is 0.476. The predicted molar refractivity (Wildman–Crippen MR) is 129 cm³/mol. The minimum absolute atomic E-state index is 0.862. The zero-order valence-corrected chi connectivity index (χ0v) is 21.2. The van der Waals surface area contributed by atoms with Crippen LogP contribution in [0.3, 0.4) is 0 Å². The van der Waals surface area contributed by atoms with Gasteiger partial charge in [-0.15, -0.1) is 0 Å². The van der Waals surface area contributed by atoms with E-state index in [4.69, 9.17) is 8.85 Å². The molecule has 3 rings (SSSR count). The minimum Gasteiger partial charge on any atom is -0.542 e. The van der Waals surface area contributed by atoms with E-state index < -0.39 is 16.6 Å². The molecule has 1 aliphatic carbocycles. The van der Waals surface area contributed by atoms with Gasteiger partial charge in [0, 0.05) is 6.07 Å². The molecule has 2 aromatic rings. The van der Waals surface area contributed by atoms with Crippen molar-refractivity contribution in [2.45, 2.75) is 84.2 Å². The summed E-state index contributed by atoms with van der Waals surface area (Å²) in [4.78, 5) is 0. The van der Waals surface area contributed by atoms with Crippen LogP contribution in [0.5, 0.6) is 11.5 Å². The highest BCUT2D eigenvalue weighted by molar-refractivity contribution is 6.72. The van der Waals surface area contributed by atoms with E-state index in [-0.39, 0.29) is 0 Å². The average Bonchev–Trinajstić information content (AvgIpc) is 3.02. The summed E-state index contributed by atoms with van der Waals surface area (Å²) >= 11 is 0. The Bertz CT molecular complexity index is 843. The van der Waals surface area contributed by atoms with Crippen LogP contribution in [0.4, 0.5) is 0 Å². The topological polar surface area (TPSA) is 18.5 Å². The summed E-state index contributed by atoms with van der Waals surface area (Å²) < 4.78 is 13.4. The molecule has 0 saturated carbocycles. The summed E-state index contributed by atoms with van der Waals surface area (Å²) in [5.41, 5.74) is 5.23. The number of hydrogen-bond donors (Lipinski definition) is 0. The van der Waals surface area contributed by atoms with Crippen LogP contribution in [0.25, 0.3) is 11.1 Å². The molecule has 0 saturated heterocycles. The van der Waals surface area contributed by atoms with Gasteiger partial charge in [0.05, 0.1) is 0 Å². The SMILES string of the molecule is CCCC[Si](C)(C)Oc1[c]c2c(cc1O[Si](C)(C)CCCC)-c1ccccc1C2. The molecule has 2 nitrogen and oxygen atoms in total. The number of hydrogen-bond acceptors (Lipinski definition) is 2. The number of rotatable bonds is 10. The summed E-state index contributed by atoms with van der Waals surface area (Å²) in [6, 6.07) is 17.0. The first-order valence-electron chi connectivity index (χ1n) is 11.3. The Labute approximate surface area is 179 Å². The van der Waals surface area contributed by atoms with E-state index in [1.165, 1.54) is 60.0 Å². The van der Waals surface area contributed by atoms with Crippen molar-refractivity contribution in [2.75, 3.05) is 0 Å². The highest BCUT2D eigenvalue weighted by Gasteiger charge is 2.31. The van der Waals surface area contributed by atoms with Crippen molar-refractivity contribution in [3.05, 3.63) is 47.5 Å². The lowest BCUT2D eigenvalue weighted by atomic mass is 10.1. The van der Waals surface area contributed by atoms with Crippen LogP contribution in [-0.4, -0.2) is 16.6 Å². The molecular formula is C25H37O2Si2. The van der Waals surface area contributed by atoms with E-state index in [2.05, 4.69) is 76.4 Å². The average molecular weight is 426 g/mol. The van der Waals surface area contributed by atoms with Gasteiger partial charge in [0.25, 0.3) is 0 Å². The highest BCUT2D eigenvalue weighted by Crippen LogP contribution is 2.44. The van der Waals surface area contributed by atoms with E-state index in [9.17, 15) is 0 Å². The van der Waals surface area contributed by atoms with Crippen molar-refractivity contribution in [3.8, 4) is 22.6 Å². The van der Waals surface area contributed by atoms with Crippen LogP contribution in [0.1, 0.15) is 50.7 Å². The van der Waals surface area contributed by atoms with Crippen LogP contribution in [0.2, 0.25) is 38.3 Å². The standard InChI is InChI=1S/C25H37O2Si2/c1-7-9-15-28(3,4)26-24-18-21-17-20-13-11-12-14-22(20)23(21)19-25(24)27-29(5,6)16-10-8-2/h11-14,19H,7-10,15-17H2,1-6H3. The molecule has 0 fully saturated rings. The fourth-order valence-electron chi connectivity index (χ4n) is 4.09. The molecule has 0 aliphatic heterocycles. The zero-order chi connectivity index (χ0) is 21.1. The van der Waals surface area contributed by atoms with Crippen LogP contribution in [0, 0.1) is 6.07 Å². The van der Waals surface area contributed by atoms with Crippen molar-refractivity contribution in [3.63, 3.8) is 0 Å². The van der Waals surface area contributed by atoms with Crippen molar-refractivity contribution < 1.29 is 8.85 Å². The van der Waals surface area contributed by atoms with Crippen molar-refractivity contribution in [1.82, 2.24) is 0 Å². The fraction of sp³-hybridized carbons (Fsp3) is 0.520. The summed E-state index contributed by atoms with van der Waals surface area (Å²) in [6.45, 7) is 13.8. The first kappa shape index (κ1) is 22.2. The second-order valence-electron chi connectivity index (χ2n) is 9.62. The molecule has 0 N–H and O–H groups in total. The Morgan fingerprint density at radius 3 is 2.14 bits per heavy atom. The van der Waals surface area contributed by atoms with Gasteiger partial charge in [-0.25, -0.2) is 0 Å². The minimum atomic E-state index is -1.81. The lowest BCUT2D eigenvalue weighted by Crippen LogP contribution is -2.36. The first-order valence-corrected chi connectivity index (χ1v) is 17.5. The molecule has 0 spiro atoms. The maximum atomic E-state index is 6.73. The molecule has 0 heterocycles. The summed E-state index contributed by atoms with van der Waals surface area (Å²) in [5.74, 6) is 1.78. The monoisotopic (exact) mass is 425 g/mol. The second kappa shape index (κ2) is 9.09. The fourth-order valence-corrected chi connectivity index (χ4v) is 8.16. The van der Waals surface area contributed by atoms with Gasteiger partial charge in [0.15, 0.2) is 5.75 Å². The maximum Gasteiger partial charge on any atom is 0.245 e. The molecule has 4 heteroatoms. The molecule has 1 aliphatic rings. The Hall–Kier alpha value is -1.53. The van der Waals surface area contributed by atoms with Gasteiger partial charge in [0.2, 0.25) is 16.6 Å². The van der Waals surface area contributed by atoms with Gasteiger partial charge < -0.3 is 8.85 Å². The number of benzene rings is 2. The van der Waals surface area contributed by atoms with Gasteiger partial charge in [0.1, 0.15) is 5.75 Å². The van der Waals surface area contributed by atoms with Crippen molar-refractivity contribution in [2.24, 2.45) is 0 Å². The lowest BCUT2D eigenvalue weighted by Gasteiger charge is -2.30. The largest absolute Gasteiger partial charge is 0.542 e. The zero-order valence-electron chi connectivity index (χ0n) is 19.2. The smallest absolute Gasteiger partial charge is 0.245 e. The Morgan fingerprint density at radius 1 is 0.862 bits per heavy atom. The maximum absolute atomic E-state index is 6.73. The number of unbranched alkanes of at least 4 members (excludes halogenated alkanes) is 2. The van der Waals surface area contributed by atoms with E-state index in [0.29, 0.717) is 0 Å². The molecule has 2 aromatic carbocycles. The first-order chi connectivity index (χ1) is 13.7. The highest BCUT2D eigenvalue weighted by atomic mass is 28.4. The van der Waals surface area contributed by atoms with Crippen LogP contribution >= 0.6 is 0 Å². The van der Waals surface area contributed by atoms with Crippen molar-refractivity contribution >= 4 is 16.6 Å². The molecule has 0 amide bonds. The van der Waals surface area contributed by atoms with Crippen LogP contribution < -0.4 is 8.85 Å². The summed E-state index contributed by atoms with van der Waals surface area (Å²) in [6.07, 6.45) is 5.81. The Kier molecular flexibility index (Phi) is 6.95. The third kappa shape index (κ3) is 5.55. The third-order valence-corrected chi connectivity index (χ3v) is 10.4. The third-order valence-electron chi connectivity index (χ3n) is 5.79. The molecule has 0 atom stereocenters. The van der Waals surface area contributed by atoms with E-state index in [1.807, 2.05) is 0 Å². The van der Waals surface area contributed by atoms with Gasteiger partial charge in [-0.2, -0.15) is 0 Å². The second-order valence-corrected chi connectivity index (χ2v) is 18.1.